The molecule has 0 aliphatic rings. The van der Waals surface area contributed by atoms with Gasteiger partial charge in [0.25, 0.3) is 0 Å². The summed E-state index contributed by atoms with van der Waals surface area (Å²) in [6.45, 7) is 9.72. The lowest BCUT2D eigenvalue weighted by atomic mass is 10.2. The van der Waals surface area contributed by atoms with E-state index in [9.17, 15) is 4.79 Å². The predicted molar refractivity (Wildman–Crippen MR) is 74.9 cm³/mol. The molecule has 1 rings (SSSR count). The zero-order chi connectivity index (χ0) is 13.8. The van der Waals surface area contributed by atoms with Crippen LogP contribution in [0.3, 0.4) is 0 Å². The van der Waals surface area contributed by atoms with Crippen LogP contribution in [0.4, 0.5) is 10.5 Å². The van der Waals surface area contributed by atoms with Gasteiger partial charge in [-0.3, -0.25) is 4.90 Å². The van der Waals surface area contributed by atoms with Gasteiger partial charge in [-0.05, 0) is 46.2 Å². The lowest BCUT2D eigenvalue weighted by molar-refractivity contribution is 0.0567. The van der Waals surface area contributed by atoms with Crippen LogP contribution in [-0.4, -0.2) is 17.7 Å². The molecular formula is C15H23NO2. The fourth-order valence-electron chi connectivity index (χ4n) is 1.62. The van der Waals surface area contributed by atoms with E-state index < -0.39 is 5.60 Å². The molecule has 1 atom stereocenters. The monoisotopic (exact) mass is 249 g/mol. The molecule has 1 amide bonds. The van der Waals surface area contributed by atoms with Gasteiger partial charge in [0.2, 0.25) is 0 Å². The summed E-state index contributed by atoms with van der Waals surface area (Å²) in [5.41, 5.74) is 0.401. The lowest BCUT2D eigenvalue weighted by Crippen LogP contribution is -2.42. The highest BCUT2D eigenvalue weighted by Crippen LogP contribution is 2.21. The van der Waals surface area contributed by atoms with Crippen molar-refractivity contribution < 1.29 is 9.53 Å². The number of carbonyl (C=O) groups is 1. The molecule has 100 valence electrons. The number of rotatable bonds is 3. The van der Waals surface area contributed by atoms with Gasteiger partial charge in [-0.1, -0.05) is 25.1 Å². The molecule has 0 aliphatic carbocycles. The maximum Gasteiger partial charge on any atom is 0.415 e. The first-order chi connectivity index (χ1) is 8.35. The Hall–Kier alpha value is -1.51. The van der Waals surface area contributed by atoms with Crippen molar-refractivity contribution in [3.8, 4) is 0 Å². The van der Waals surface area contributed by atoms with Gasteiger partial charge in [-0.25, -0.2) is 4.79 Å². The van der Waals surface area contributed by atoms with E-state index in [0.717, 1.165) is 12.1 Å². The summed E-state index contributed by atoms with van der Waals surface area (Å²) in [6, 6.07) is 9.76. The van der Waals surface area contributed by atoms with E-state index >= 15 is 0 Å². The fraction of sp³-hybridized carbons (Fsp3) is 0.533. The molecule has 0 bridgehead atoms. The van der Waals surface area contributed by atoms with Crippen LogP contribution >= 0.6 is 0 Å². The average molecular weight is 249 g/mol. The highest BCUT2D eigenvalue weighted by molar-refractivity contribution is 5.88. The van der Waals surface area contributed by atoms with Crippen molar-refractivity contribution in [1.29, 1.82) is 0 Å². The molecule has 0 saturated carbocycles. The van der Waals surface area contributed by atoms with Gasteiger partial charge in [0.1, 0.15) is 5.60 Å². The quantitative estimate of drug-likeness (QED) is 0.802. The molecule has 0 radical (unpaired) electrons. The van der Waals surface area contributed by atoms with E-state index in [2.05, 4.69) is 6.92 Å². The summed E-state index contributed by atoms with van der Waals surface area (Å²) in [7, 11) is 0. The Balaban J connectivity index is 2.96. The molecule has 0 aromatic heterocycles. The molecule has 3 heteroatoms. The zero-order valence-corrected chi connectivity index (χ0v) is 11.9. The number of benzene rings is 1. The van der Waals surface area contributed by atoms with Crippen molar-refractivity contribution in [3.05, 3.63) is 30.3 Å². The van der Waals surface area contributed by atoms with E-state index in [4.69, 9.17) is 4.74 Å². The number of amides is 1. The molecule has 0 saturated heterocycles. The van der Waals surface area contributed by atoms with Gasteiger partial charge < -0.3 is 4.74 Å². The molecule has 0 aliphatic heterocycles. The molecule has 3 nitrogen and oxygen atoms in total. The minimum Gasteiger partial charge on any atom is -0.443 e. The van der Waals surface area contributed by atoms with Crippen LogP contribution < -0.4 is 4.90 Å². The highest BCUT2D eigenvalue weighted by Gasteiger charge is 2.26. The summed E-state index contributed by atoms with van der Waals surface area (Å²) in [6.07, 6.45) is 0.594. The van der Waals surface area contributed by atoms with Crippen LogP contribution in [0.2, 0.25) is 0 Å². The molecule has 18 heavy (non-hydrogen) atoms. The second kappa shape index (κ2) is 5.89. The van der Waals surface area contributed by atoms with E-state index in [-0.39, 0.29) is 12.1 Å². The van der Waals surface area contributed by atoms with E-state index in [1.165, 1.54) is 0 Å². The first kappa shape index (κ1) is 14.6. The third-order valence-electron chi connectivity index (χ3n) is 2.66. The Labute approximate surface area is 110 Å². The number of anilines is 1. The molecule has 0 fully saturated rings. The fourth-order valence-corrected chi connectivity index (χ4v) is 1.62. The van der Waals surface area contributed by atoms with Gasteiger partial charge in [-0.15, -0.1) is 0 Å². The number of nitrogens with zero attached hydrogens (tertiary/aromatic N) is 1. The van der Waals surface area contributed by atoms with E-state index in [0.29, 0.717) is 0 Å². The minimum atomic E-state index is -0.475. The molecular weight excluding hydrogens is 226 g/mol. The normalized spacial score (nSPS) is 12.9. The van der Waals surface area contributed by atoms with Crippen LogP contribution in [0, 0.1) is 0 Å². The van der Waals surface area contributed by atoms with Crippen LogP contribution in [0.5, 0.6) is 0 Å². The van der Waals surface area contributed by atoms with Gasteiger partial charge in [-0.2, -0.15) is 0 Å². The zero-order valence-electron chi connectivity index (χ0n) is 11.9. The average Bonchev–Trinajstić information content (AvgIpc) is 2.28. The van der Waals surface area contributed by atoms with Crippen LogP contribution in [0.25, 0.3) is 0 Å². The first-order valence-electron chi connectivity index (χ1n) is 6.42. The van der Waals surface area contributed by atoms with Crippen molar-refractivity contribution in [2.24, 2.45) is 0 Å². The van der Waals surface area contributed by atoms with E-state index in [1.807, 2.05) is 58.0 Å². The van der Waals surface area contributed by atoms with Crippen molar-refractivity contribution in [1.82, 2.24) is 0 Å². The van der Waals surface area contributed by atoms with Gasteiger partial charge in [0.15, 0.2) is 0 Å². The predicted octanol–water partition coefficient (Wildman–Crippen LogP) is 4.23. The molecule has 1 aromatic carbocycles. The van der Waals surface area contributed by atoms with Crippen LogP contribution in [0.1, 0.15) is 41.0 Å². The maximum atomic E-state index is 12.3. The standard InChI is InChI=1S/C15H23NO2/c1-6-12(2)16(13-10-8-7-9-11-13)14(17)18-15(3,4)5/h7-12H,6H2,1-5H3. The highest BCUT2D eigenvalue weighted by atomic mass is 16.6. The van der Waals surface area contributed by atoms with Crippen molar-refractivity contribution in [2.45, 2.75) is 52.7 Å². The molecule has 1 unspecified atom stereocenters. The summed E-state index contributed by atoms with van der Waals surface area (Å²) in [5, 5.41) is 0. The summed E-state index contributed by atoms with van der Waals surface area (Å²) in [5.74, 6) is 0. The van der Waals surface area contributed by atoms with Crippen LogP contribution in [-0.2, 0) is 4.74 Å². The number of ether oxygens (including phenoxy) is 1. The Kier molecular flexibility index (Phi) is 4.76. The Morgan fingerprint density at radius 3 is 2.28 bits per heavy atom. The molecule has 1 aromatic rings. The third kappa shape index (κ3) is 4.06. The Bertz CT molecular complexity index is 381. The number of carbonyl (C=O) groups excluding carboxylic acids is 1. The minimum absolute atomic E-state index is 0.113. The SMILES string of the molecule is CCC(C)N(C(=O)OC(C)(C)C)c1ccccc1. The number of para-hydroxylation sites is 1. The van der Waals surface area contributed by atoms with Gasteiger partial charge >= 0.3 is 6.09 Å². The van der Waals surface area contributed by atoms with Crippen LogP contribution in [0.15, 0.2) is 30.3 Å². The summed E-state index contributed by atoms with van der Waals surface area (Å²) < 4.78 is 5.46. The molecule has 0 N–H and O–H groups in total. The van der Waals surface area contributed by atoms with E-state index in [1.54, 1.807) is 4.90 Å². The molecule has 0 spiro atoms. The summed E-state index contributed by atoms with van der Waals surface area (Å²) in [4.78, 5) is 14.0. The maximum absolute atomic E-state index is 12.3. The largest absolute Gasteiger partial charge is 0.443 e. The number of hydrogen-bond donors (Lipinski definition) is 0. The number of hydrogen-bond acceptors (Lipinski definition) is 2. The second-order valence-corrected chi connectivity index (χ2v) is 5.44. The summed E-state index contributed by atoms with van der Waals surface area (Å²) >= 11 is 0. The molecule has 0 heterocycles. The van der Waals surface area contributed by atoms with Crippen molar-refractivity contribution in [2.75, 3.05) is 4.90 Å². The Morgan fingerprint density at radius 1 is 1.28 bits per heavy atom. The lowest BCUT2D eigenvalue weighted by Gasteiger charge is -2.31. The second-order valence-electron chi connectivity index (χ2n) is 5.44. The third-order valence-corrected chi connectivity index (χ3v) is 2.66. The Morgan fingerprint density at radius 2 is 1.83 bits per heavy atom. The first-order valence-corrected chi connectivity index (χ1v) is 6.42. The smallest absolute Gasteiger partial charge is 0.415 e. The van der Waals surface area contributed by atoms with Crippen molar-refractivity contribution >= 4 is 11.8 Å². The van der Waals surface area contributed by atoms with Gasteiger partial charge in [0, 0.05) is 11.7 Å². The van der Waals surface area contributed by atoms with Crippen molar-refractivity contribution in [3.63, 3.8) is 0 Å². The topological polar surface area (TPSA) is 29.5 Å². The van der Waals surface area contributed by atoms with Gasteiger partial charge in [0.05, 0.1) is 0 Å².